The van der Waals surface area contributed by atoms with Crippen molar-refractivity contribution in [2.75, 3.05) is 0 Å². The zero-order chi connectivity index (χ0) is 11.4. The summed E-state index contributed by atoms with van der Waals surface area (Å²) >= 11 is 0. The molecule has 16 heavy (non-hydrogen) atoms. The second kappa shape index (κ2) is 4.80. The first-order chi connectivity index (χ1) is 7.81. The van der Waals surface area contributed by atoms with Crippen LogP contribution in [0.15, 0.2) is 24.4 Å². The van der Waals surface area contributed by atoms with Crippen molar-refractivity contribution < 1.29 is 4.79 Å². The Morgan fingerprint density at radius 2 is 2.38 bits per heavy atom. The fourth-order valence-electron chi connectivity index (χ4n) is 1.60. The van der Waals surface area contributed by atoms with Crippen molar-refractivity contribution in [3.8, 4) is 11.8 Å². The molecule has 0 atom stereocenters. The second-order valence-corrected chi connectivity index (χ2v) is 3.86. The quantitative estimate of drug-likeness (QED) is 0.716. The lowest BCUT2D eigenvalue weighted by atomic mass is 10.3. The highest BCUT2D eigenvalue weighted by atomic mass is 16.2. The molecule has 1 aliphatic carbocycles. The van der Waals surface area contributed by atoms with Crippen molar-refractivity contribution in [2.24, 2.45) is 0 Å². The van der Waals surface area contributed by atoms with Gasteiger partial charge in [-0.2, -0.15) is 0 Å². The Labute approximate surface area is 95.5 Å². The fourth-order valence-corrected chi connectivity index (χ4v) is 1.60. The van der Waals surface area contributed by atoms with Gasteiger partial charge in [0.1, 0.15) is 0 Å². The molecule has 3 nitrogen and oxygen atoms in total. The highest BCUT2D eigenvalue weighted by Crippen LogP contribution is 2.27. The first-order valence-electron chi connectivity index (χ1n) is 5.44. The van der Waals surface area contributed by atoms with Gasteiger partial charge in [0, 0.05) is 12.2 Å². The van der Waals surface area contributed by atoms with Crippen LogP contribution in [0.25, 0.3) is 0 Å². The standard InChI is InChI=1S/C13H14N2O/c1-2-5-13(16)15(12-7-8-12)10-11-6-3-4-9-14-11/h3-4,6,9,12H,7-8,10H2,1H3. The summed E-state index contributed by atoms with van der Waals surface area (Å²) in [5.74, 6) is 5.16. The normalized spacial score (nSPS) is 13.8. The number of rotatable bonds is 3. The molecule has 1 saturated carbocycles. The molecule has 0 spiro atoms. The summed E-state index contributed by atoms with van der Waals surface area (Å²) in [5.41, 5.74) is 0.917. The highest BCUT2D eigenvalue weighted by Gasteiger charge is 2.31. The molecule has 1 fully saturated rings. The molecule has 0 N–H and O–H groups in total. The van der Waals surface area contributed by atoms with Crippen LogP contribution in [0.3, 0.4) is 0 Å². The molecule has 0 saturated heterocycles. The van der Waals surface area contributed by atoms with Crippen LogP contribution in [0.1, 0.15) is 25.5 Å². The summed E-state index contributed by atoms with van der Waals surface area (Å²) in [4.78, 5) is 17.8. The smallest absolute Gasteiger partial charge is 0.299 e. The van der Waals surface area contributed by atoms with Crippen LogP contribution in [-0.2, 0) is 11.3 Å². The van der Waals surface area contributed by atoms with Crippen molar-refractivity contribution in [1.82, 2.24) is 9.88 Å². The van der Waals surface area contributed by atoms with Gasteiger partial charge in [-0.25, -0.2) is 0 Å². The first-order valence-corrected chi connectivity index (χ1v) is 5.44. The van der Waals surface area contributed by atoms with Gasteiger partial charge in [-0.3, -0.25) is 9.78 Å². The summed E-state index contributed by atoms with van der Waals surface area (Å²) in [7, 11) is 0. The minimum absolute atomic E-state index is 0.0874. The summed E-state index contributed by atoms with van der Waals surface area (Å²) in [6.07, 6.45) is 3.92. The van der Waals surface area contributed by atoms with E-state index in [-0.39, 0.29) is 5.91 Å². The summed E-state index contributed by atoms with van der Waals surface area (Å²) in [6, 6.07) is 6.11. The minimum Gasteiger partial charge on any atom is -0.323 e. The van der Waals surface area contributed by atoms with Gasteiger partial charge in [-0.05, 0) is 37.8 Å². The van der Waals surface area contributed by atoms with E-state index >= 15 is 0 Å². The predicted molar refractivity (Wildman–Crippen MR) is 61.3 cm³/mol. The highest BCUT2D eigenvalue weighted by molar-refractivity contribution is 5.93. The van der Waals surface area contributed by atoms with Gasteiger partial charge < -0.3 is 4.90 Å². The number of amides is 1. The molecule has 2 rings (SSSR count). The Balaban J connectivity index is 2.08. The molecular weight excluding hydrogens is 200 g/mol. The molecule has 1 heterocycles. The average Bonchev–Trinajstić information content (AvgIpc) is 3.11. The Bertz CT molecular complexity index is 426. The molecule has 3 heteroatoms. The molecule has 0 unspecified atom stereocenters. The van der Waals surface area contributed by atoms with E-state index in [1.54, 1.807) is 13.1 Å². The molecule has 1 amide bonds. The zero-order valence-electron chi connectivity index (χ0n) is 9.31. The molecule has 1 aliphatic rings. The number of hydrogen-bond donors (Lipinski definition) is 0. The number of nitrogens with zero attached hydrogens (tertiary/aromatic N) is 2. The molecule has 0 aliphatic heterocycles. The summed E-state index contributed by atoms with van der Waals surface area (Å²) < 4.78 is 0. The Hall–Kier alpha value is -1.82. The van der Waals surface area contributed by atoms with Crippen molar-refractivity contribution in [3.63, 3.8) is 0 Å². The van der Waals surface area contributed by atoms with Crippen molar-refractivity contribution in [3.05, 3.63) is 30.1 Å². The minimum atomic E-state index is -0.0874. The van der Waals surface area contributed by atoms with E-state index in [9.17, 15) is 4.79 Å². The van der Waals surface area contributed by atoms with E-state index in [4.69, 9.17) is 0 Å². The lowest BCUT2D eigenvalue weighted by molar-refractivity contribution is -0.126. The van der Waals surface area contributed by atoms with Crippen LogP contribution >= 0.6 is 0 Å². The SMILES string of the molecule is CC#CC(=O)N(Cc1ccccn1)C1CC1. The summed E-state index contributed by atoms with van der Waals surface area (Å²) in [6.45, 7) is 2.25. The van der Waals surface area contributed by atoms with Crippen LogP contribution in [0.4, 0.5) is 0 Å². The van der Waals surface area contributed by atoms with Gasteiger partial charge in [0.2, 0.25) is 0 Å². The van der Waals surface area contributed by atoms with Gasteiger partial charge in [-0.1, -0.05) is 12.0 Å². The lowest BCUT2D eigenvalue weighted by Crippen LogP contribution is -2.31. The van der Waals surface area contributed by atoms with Crippen molar-refractivity contribution in [2.45, 2.75) is 32.4 Å². The van der Waals surface area contributed by atoms with E-state index in [1.165, 1.54) is 0 Å². The molecular formula is C13H14N2O. The topological polar surface area (TPSA) is 33.2 Å². The van der Waals surface area contributed by atoms with Crippen molar-refractivity contribution >= 4 is 5.91 Å². The fraction of sp³-hybridized carbons (Fsp3) is 0.385. The van der Waals surface area contributed by atoms with Crippen LogP contribution in [0.2, 0.25) is 0 Å². The molecule has 82 valence electrons. The Morgan fingerprint density at radius 3 is 2.94 bits per heavy atom. The maximum atomic E-state index is 11.8. The van der Waals surface area contributed by atoms with Crippen LogP contribution in [0.5, 0.6) is 0 Å². The van der Waals surface area contributed by atoms with Gasteiger partial charge in [-0.15, -0.1) is 0 Å². The molecule has 0 aromatic carbocycles. The number of hydrogen-bond acceptors (Lipinski definition) is 2. The van der Waals surface area contributed by atoms with E-state index in [0.29, 0.717) is 12.6 Å². The monoisotopic (exact) mass is 214 g/mol. The first kappa shape index (κ1) is 10.7. The third kappa shape index (κ3) is 2.60. The van der Waals surface area contributed by atoms with Crippen molar-refractivity contribution in [1.29, 1.82) is 0 Å². The molecule has 1 aromatic rings. The zero-order valence-corrected chi connectivity index (χ0v) is 9.31. The number of carbonyl (C=O) groups is 1. The molecule has 0 bridgehead atoms. The van der Waals surface area contributed by atoms with E-state index in [2.05, 4.69) is 16.8 Å². The number of aromatic nitrogens is 1. The largest absolute Gasteiger partial charge is 0.323 e. The van der Waals surface area contributed by atoms with Gasteiger partial charge >= 0.3 is 0 Å². The predicted octanol–water partition coefficient (Wildman–Crippen LogP) is 1.60. The van der Waals surface area contributed by atoms with E-state index < -0.39 is 0 Å². The van der Waals surface area contributed by atoms with Crippen LogP contribution < -0.4 is 0 Å². The maximum absolute atomic E-state index is 11.8. The number of carbonyl (C=O) groups excluding carboxylic acids is 1. The molecule has 1 aromatic heterocycles. The molecule has 0 radical (unpaired) electrons. The summed E-state index contributed by atoms with van der Waals surface area (Å²) in [5, 5.41) is 0. The third-order valence-electron chi connectivity index (χ3n) is 2.54. The lowest BCUT2D eigenvalue weighted by Gasteiger charge is -2.18. The number of pyridine rings is 1. The van der Waals surface area contributed by atoms with Gasteiger partial charge in [0.05, 0.1) is 12.2 Å². The van der Waals surface area contributed by atoms with Gasteiger partial charge in [0.25, 0.3) is 5.91 Å². The van der Waals surface area contributed by atoms with Crippen LogP contribution in [0, 0.1) is 11.8 Å². The third-order valence-corrected chi connectivity index (χ3v) is 2.54. The Kier molecular flexibility index (Phi) is 3.21. The second-order valence-electron chi connectivity index (χ2n) is 3.86. The maximum Gasteiger partial charge on any atom is 0.299 e. The van der Waals surface area contributed by atoms with E-state index in [0.717, 1.165) is 18.5 Å². The average molecular weight is 214 g/mol. The van der Waals surface area contributed by atoms with E-state index in [1.807, 2.05) is 23.1 Å². The van der Waals surface area contributed by atoms with Gasteiger partial charge in [0.15, 0.2) is 0 Å². The Morgan fingerprint density at radius 1 is 1.56 bits per heavy atom. The van der Waals surface area contributed by atoms with Crippen LogP contribution in [-0.4, -0.2) is 21.8 Å².